The zero-order chi connectivity index (χ0) is 18.4. The average molecular weight is 379 g/mol. The van der Waals surface area contributed by atoms with E-state index in [1.165, 1.54) is 0 Å². The van der Waals surface area contributed by atoms with Crippen LogP contribution < -0.4 is 5.32 Å². The number of benzene rings is 1. The third-order valence-corrected chi connectivity index (χ3v) is 3.39. The van der Waals surface area contributed by atoms with Crippen molar-refractivity contribution in [2.75, 3.05) is 19.8 Å². The summed E-state index contributed by atoms with van der Waals surface area (Å²) in [4.78, 5) is 8.90. The van der Waals surface area contributed by atoms with E-state index in [1.54, 1.807) is 0 Å². The number of morpholine rings is 1. The Labute approximate surface area is 145 Å². The number of carbonyl (C=O) groups is 1. The van der Waals surface area contributed by atoms with E-state index in [-0.39, 0.29) is 6.04 Å². The molecule has 2 heterocycles. The molecule has 0 amide bonds. The van der Waals surface area contributed by atoms with Crippen LogP contribution in [0.25, 0.3) is 11.3 Å². The maximum Gasteiger partial charge on any atom is 0.490 e. The second-order valence-electron chi connectivity index (χ2n) is 5.01. The van der Waals surface area contributed by atoms with Crippen LogP contribution in [0.15, 0.2) is 34.9 Å². The van der Waals surface area contributed by atoms with Crippen LogP contribution in [0.5, 0.6) is 0 Å². The summed E-state index contributed by atoms with van der Waals surface area (Å²) in [6.45, 7) is 2.21. The topological polar surface area (TPSA) is 84.6 Å². The van der Waals surface area contributed by atoms with Crippen LogP contribution in [-0.2, 0) is 9.53 Å². The molecule has 1 aromatic carbocycles. The van der Waals surface area contributed by atoms with Crippen molar-refractivity contribution in [3.63, 3.8) is 0 Å². The van der Waals surface area contributed by atoms with Gasteiger partial charge in [0.25, 0.3) is 0 Å². The summed E-state index contributed by atoms with van der Waals surface area (Å²) in [5, 5.41) is 15.2. The molecule has 1 fully saturated rings. The number of alkyl halides is 3. The standard InChI is InChI=1S/C13H13ClN2O2.C2HF3O2/c14-10-3-1-2-9(6-10)13-7-11(16-18-13)12-8-17-5-4-15-12;3-2(4,5)1(6)7/h1-3,6-7,12,15H,4-5,8H2;(H,6,7). The first kappa shape index (κ1) is 19.2. The number of hydrogen-bond donors (Lipinski definition) is 2. The van der Waals surface area contributed by atoms with Crippen LogP contribution in [0.4, 0.5) is 13.2 Å². The largest absolute Gasteiger partial charge is 0.490 e. The third-order valence-electron chi connectivity index (χ3n) is 3.16. The maximum atomic E-state index is 10.6. The molecular formula is C15H14ClF3N2O4. The summed E-state index contributed by atoms with van der Waals surface area (Å²) >= 11 is 5.96. The van der Waals surface area contributed by atoms with Gasteiger partial charge in [-0.05, 0) is 12.1 Å². The van der Waals surface area contributed by atoms with E-state index in [9.17, 15) is 13.2 Å². The van der Waals surface area contributed by atoms with Gasteiger partial charge >= 0.3 is 12.1 Å². The minimum atomic E-state index is -5.08. The van der Waals surface area contributed by atoms with E-state index in [2.05, 4.69) is 10.5 Å². The van der Waals surface area contributed by atoms with Crippen molar-refractivity contribution in [2.24, 2.45) is 0 Å². The zero-order valence-corrected chi connectivity index (χ0v) is 13.5. The second kappa shape index (κ2) is 8.32. The first-order valence-corrected chi connectivity index (χ1v) is 7.49. The number of nitrogens with one attached hydrogen (secondary N) is 1. The van der Waals surface area contributed by atoms with Gasteiger partial charge in [-0.15, -0.1) is 0 Å². The van der Waals surface area contributed by atoms with Gasteiger partial charge in [0.15, 0.2) is 5.76 Å². The van der Waals surface area contributed by atoms with Crippen LogP contribution in [0.1, 0.15) is 11.7 Å². The molecule has 2 aromatic rings. The Bertz CT molecular complexity index is 715. The SMILES string of the molecule is Clc1cccc(-c2cc(C3COCCN3)no2)c1.O=C(O)C(F)(F)F. The van der Waals surface area contributed by atoms with Gasteiger partial charge in [-0.2, -0.15) is 13.2 Å². The van der Waals surface area contributed by atoms with Crippen LogP contribution in [0.3, 0.4) is 0 Å². The molecule has 1 unspecified atom stereocenters. The molecule has 3 rings (SSSR count). The number of carboxylic acid groups (broad SMARTS) is 1. The molecule has 0 radical (unpaired) electrons. The minimum absolute atomic E-state index is 0.107. The normalized spacial score (nSPS) is 17.5. The molecule has 0 saturated carbocycles. The summed E-state index contributed by atoms with van der Waals surface area (Å²) in [6.07, 6.45) is -5.08. The lowest BCUT2D eigenvalue weighted by Gasteiger charge is -2.21. The zero-order valence-electron chi connectivity index (χ0n) is 12.7. The van der Waals surface area contributed by atoms with Crippen molar-refractivity contribution >= 4 is 17.6 Å². The smallest absolute Gasteiger partial charge is 0.475 e. The van der Waals surface area contributed by atoms with E-state index in [1.807, 2.05) is 30.3 Å². The highest BCUT2D eigenvalue weighted by molar-refractivity contribution is 6.30. The third kappa shape index (κ3) is 5.73. The summed E-state index contributed by atoms with van der Waals surface area (Å²) in [7, 11) is 0. The second-order valence-corrected chi connectivity index (χ2v) is 5.45. The Balaban J connectivity index is 0.000000277. The molecule has 1 atom stereocenters. The summed E-state index contributed by atoms with van der Waals surface area (Å²) in [5.41, 5.74) is 1.79. The number of halogens is 4. The first-order chi connectivity index (χ1) is 11.8. The average Bonchev–Trinajstić information content (AvgIpc) is 3.05. The summed E-state index contributed by atoms with van der Waals surface area (Å²) < 4.78 is 42.5. The molecule has 25 heavy (non-hydrogen) atoms. The predicted octanol–water partition coefficient (Wildman–Crippen LogP) is 3.29. The number of hydrogen-bond acceptors (Lipinski definition) is 5. The highest BCUT2D eigenvalue weighted by Gasteiger charge is 2.38. The fraction of sp³-hybridized carbons (Fsp3) is 0.333. The van der Waals surface area contributed by atoms with Gasteiger partial charge in [-0.3, -0.25) is 0 Å². The fourth-order valence-electron chi connectivity index (χ4n) is 1.99. The molecular weight excluding hydrogens is 365 g/mol. The molecule has 136 valence electrons. The monoisotopic (exact) mass is 378 g/mol. The molecule has 6 nitrogen and oxygen atoms in total. The van der Waals surface area contributed by atoms with Crippen molar-refractivity contribution in [1.82, 2.24) is 10.5 Å². The molecule has 2 N–H and O–H groups in total. The maximum absolute atomic E-state index is 10.6. The quantitative estimate of drug-likeness (QED) is 0.834. The number of ether oxygens (including phenoxy) is 1. The summed E-state index contributed by atoms with van der Waals surface area (Å²) in [5.74, 6) is -2.03. The van der Waals surface area contributed by atoms with E-state index in [0.717, 1.165) is 30.2 Å². The molecule has 1 saturated heterocycles. The van der Waals surface area contributed by atoms with Crippen molar-refractivity contribution in [1.29, 1.82) is 0 Å². The Kier molecular flexibility index (Phi) is 6.40. The van der Waals surface area contributed by atoms with E-state index in [0.29, 0.717) is 11.6 Å². The van der Waals surface area contributed by atoms with Gasteiger partial charge in [0, 0.05) is 23.2 Å². The fourth-order valence-corrected chi connectivity index (χ4v) is 2.18. The van der Waals surface area contributed by atoms with Gasteiger partial charge < -0.3 is 19.7 Å². The molecule has 0 aliphatic carbocycles. The van der Waals surface area contributed by atoms with Gasteiger partial charge in [0.2, 0.25) is 0 Å². The van der Waals surface area contributed by atoms with Gasteiger partial charge in [-0.1, -0.05) is 28.9 Å². The number of nitrogens with zero attached hydrogens (tertiary/aromatic N) is 1. The number of aromatic nitrogens is 1. The molecule has 0 bridgehead atoms. The van der Waals surface area contributed by atoms with Crippen molar-refractivity contribution in [3.05, 3.63) is 41.0 Å². The Morgan fingerprint density at radius 1 is 1.36 bits per heavy atom. The van der Waals surface area contributed by atoms with Crippen LogP contribution >= 0.6 is 11.6 Å². The van der Waals surface area contributed by atoms with E-state index < -0.39 is 12.1 Å². The lowest BCUT2D eigenvalue weighted by molar-refractivity contribution is -0.192. The predicted molar refractivity (Wildman–Crippen MR) is 82.2 cm³/mol. The Morgan fingerprint density at radius 2 is 2.08 bits per heavy atom. The molecule has 1 aromatic heterocycles. The molecule has 1 aliphatic heterocycles. The van der Waals surface area contributed by atoms with Crippen molar-refractivity contribution in [3.8, 4) is 11.3 Å². The number of aliphatic carboxylic acids is 1. The van der Waals surface area contributed by atoms with Crippen molar-refractivity contribution < 1.29 is 32.3 Å². The molecule has 0 spiro atoms. The lowest BCUT2D eigenvalue weighted by atomic mass is 10.1. The molecule has 1 aliphatic rings. The van der Waals surface area contributed by atoms with Crippen LogP contribution in [-0.4, -0.2) is 42.2 Å². The summed E-state index contributed by atoms with van der Waals surface area (Å²) in [6, 6.07) is 9.56. The van der Waals surface area contributed by atoms with E-state index in [4.69, 9.17) is 30.8 Å². The van der Waals surface area contributed by atoms with Gasteiger partial charge in [-0.25, -0.2) is 4.79 Å². The highest BCUT2D eigenvalue weighted by atomic mass is 35.5. The van der Waals surface area contributed by atoms with E-state index >= 15 is 0 Å². The minimum Gasteiger partial charge on any atom is -0.475 e. The first-order valence-electron chi connectivity index (χ1n) is 7.11. The Hall–Kier alpha value is -2.10. The van der Waals surface area contributed by atoms with Gasteiger partial charge in [0.1, 0.15) is 5.69 Å². The van der Waals surface area contributed by atoms with Crippen LogP contribution in [0.2, 0.25) is 5.02 Å². The van der Waals surface area contributed by atoms with Crippen molar-refractivity contribution in [2.45, 2.75) is 12.2 Å². The molecule has 10 heteroatoms. The lowest BCUT2D eigenvalue weighted by Crippen LogP contribution is -2.34. The number of carboxylic acids is 1. The van der Waals surface area contributed by atoms with Gasteiger partial charge in [0.05, 0.1) is 19.3 Å². The van der Waals surface area contributed by atoms with Crippen LogP contribution in [0, 0.1) is 0 Å². The highest BCUT2D eigenvalue weighted by Crippen LogP contribution is 2.25. The number of rotatable bonds is 2. The Morgan fingerprint density at radius 3 is 2.64 bits per heavy atom.